The molecule has 8 nitrogen and oxygen atoms in total. The van der Waals surface area contributed by atoms with Crippen LogP contribution in [0.5, 0.6) is 0 Å². The Morgan fingerprint density at radius 2 is 2.20 bits per heavy atom. The van der Waals surface area contributed by atoms with E-state index in [4.69, 9.17) is 22.1 Å². The Bertz CT molecular complexity index is 622. The Morgan fingerprint density at radius 3 is 2.85 bits per heavy atom. The number of imidazole rings is 1. The highest BCUT2D eigenvalue weighted by Gasteiger charge is 2.36. The fourth-order valence-electron chi connectivity index (χ4n) is 2.46. The molecule has 1 saturated heterocycles. The minimum Gasteiger partial charge on any atom is -0.396 e. The lowest BCUT2D eigenvalue weighted by atomic mass is 10.0. The molecule has 0 aliphatic carbocycles. The van der Waals surface area contributed by atoms with E-state index in [2.05, 4.69) is 15.0 Å². The molecule has 1 aliphatic heterocycles. The molecule has 0 amide bonds. The predicted octanol–water partition coefficient (Wildman–Crippen LogP) is -0.0498. The first-order chi connectivity index (χ1) is 9.63. The average Bonchev–Trinajstić information content (AvgIpc) is 3.01. The minimum absolute atomic E-state index is 0.0344. The SMILES string of the molecule is Nc1nc(Cl)nc2c1ncn2[C@H]1C[C@H](CO)[C@@H](CO)O1. The molecule has 1 fully saturated rings. The highest BCUT2D eigenvalue weighted by Crippen LogP contribution is 2.35. The van der Waals surface area contributed by atoms with Crippen LogP contribution in [0.25, 0.3) is 11.2 Å². The van der Waals surface area contributed by atoms with Gasteiger partial charge in [0, 0.05) is 18.9 Å². The molecular weight excluding hydrogens is 286 g/mol. The molecule has 108 valence electrons. The molecule has 0 unspecified atom stereocenters. The van der Waals surface area contributed by atoms with Gasteiger partial charge in [-0.1, -0.05) is 0 Å². The highest BCUT2D eigenvalue weighted by atomic mass is 35.5. The van der Waals surface area contributed by atoms with Crippen LogP contribution in [-0.4, -0.2) is 49.0 Å². The predicted molar refractivity (Wildman–Crippen MR) is 70.9 cm³/mol. The third-order valence-electron chi connectivity index (χ3n) is 3.51. The molecule has 20 heavy (non-hydrogen) atoms. The summed E-state index contributed by atoms with van der Waals surface area (Å²) in [4.78, 5) is 12.1. The molecule has 2 aromatic heterocycles. The van der Waals surface area contributed by atoms with Gasteiger partial charge in [-0.3, -0.25) is 4.57 Å². The number of nitrogens with two attached hydrogens (primary N) is 1. The van der Waals surface area contributed by atoms with Crippen LogP contribution in [0.4, 0.5) is 5.82 Å². The Morgan fingerprint density at radius 1 is 1.40 bits per heavy atom. The maximum Gasteiger partial charge on any atom is 0.226 e. The van der Waals surface area contributed by atoms with E-state index >= 15 is 0 Å². The number of anilines is 1. The van der Waals surface area contributed by atoms with E-state index in [9.17, 15) is 10.2 Å². The van der Waals surface area contributed by atoms with Crippen LogP contribution in [-0.2, 0) is 4.74 Å². The van der Waals surface area contributed by atoms with E-state index < -0.39 is 6.10 Å². The van der Waals surface area contributed by atoms with Crippen molar-refractivity contribution in [3.63, 3.8) is 0 Å². The van der Waals surface area contributed by atoms with Crippen molar-refractivity contribution in [1.82, 2.24) is 19.5 Å². The monoisotopic (exact) mass is 299 g/mol. The Labute approximate surface area is 119 Å². The maximum atomic E-state index is 9.30. The molecule has 0 aromatic carbocycles. The molecule has 1 aliphatic rings. The van der Waals surface area contributed by atoms with Crippen LogP contribution >= 0.6 is 11.6 Å². The number of fused-ring (bicyclic) bond motifs is 1. The summed E-state index contributed by atoms with van der Waals surface area (Å²) >= 11 is 5.81. The van der Waals surface area contributed by atoms with Gasteiger partial charge in [0.1, 0.15) is 11.7 Å². The van der Waals surface area contributed by atoms with E-state index in [-0.39, 0.29) is 36.5 Å². The normalized spacial score (nSPS) is 26.4. The van der Waals surface area contributed by atoms with Gasteiger partial charge in [0.2, 0.25) is 5.28 Å². The second kappa shape index (κ2) is 5.13. The Hall–Kier alpha value is -1.48. The molecule has 3 atom stereocenters. The molecule has 3 rings (SSSR count). The van der Waals surface area contributed by atoms with Crippen molar-refractivity contribution < 1.29 is 14.9 Å². The summed E-state index contributed by atoms with van der Waals surface area (Å²) in [6.07, 6.45) is 1.32. The van der Waals surface area contributed by atoms with E-state index in [1.165, 1.54) is 0 Å². The number of nitrogen functional groups attached to an aromatic ring is 1. The quantitative estimate of drug-likeness (QED) is 0.680. The minimum atomic E-state index is -0.405. The Balaban J connectivity index is 1.99. The number of ether oxygens (including phenoxy) is 1. The van der Waals surface area contributed by atoms with Crippen molar-refractivity contribution in [2.24, 2.45) is 5.92 Å². The number of aliphatic hydroxyl groups excluding tert-OH is 2. The van der Waals surface area contributed by atoms with Crippen LogP contribution in [0, 0.1) is 5.92 Å². The van der Waals surface area contributed by atoms with Crippen LogP contribution in [0.1, 0.15) is 12.6 Å². The van der Waals surface area contributed by atoms with Crippen molar-refractivity contribution in [2.75, 3.05) is 18.9 Å². The first-order valence-corrected chi connectivity index (χ1v) is 6.54. The van der Waals surface area contributed by atoms with Gasteiger partial charge >= 0.3 is 0 Å². The van der Waals surface area contributed by atoms with Gasteiger partial charge < -0.3 is 20.7 Å². The molecule has 0 saturated carbocycles. The fraction of sp³-hybridized carbons (Fsp3) is 0.545. The molecule has 9 heteroatoms. The number of halogens is 1. The number of hydrogen-bond acceptors (Lipinski definition) is 7. The average molecular weight is 300 g/mol. The van der Waals surface area contributed by atoms with Crippen molar-refractivity contribution in [2.45, 2.75) is 18.8 Å². The summed E-state index contributed by atoms with van der Waals surface area (Å²) in [5.74, 6) is 0.0752. The third kappa shape index (κ3) is 2.10. The zero-order chi connectivity index (χ0) is 14.3. The van der Waals surface area contributed by atoms with Crippen molar-refractivity contribution in [3.05, 3.63) is 11.6 Å². The first kappa shape index (κ1) is 13.5. The van der Waals surface area contributed by atoms with Crippen molar-refractivity contribution in [1.29, 1.82) is 0 Å². The van der Waals surface area contributed by atoms with Crippen LogP contribution in [0.15, 0.2) is 6.33 Å². The lowest BCUT2D eigenvalue weighted by molar-refractivity contribution is -0.0334. The van der Waals surface area contributed by atoms with E-state index in [0.717, 1.165) is 0 Å². The van der Waals surface area contributed by atoms with Gasteiger partial charge in [-0.05, 0) is 11.6 Å². The summed E-state index contributed by atoms with van der Waals surface area (Å²) in [7, 11) is 0. The molecule has 0 spiro atoms. The van der Waals surface area contributed by atoms with Gasteiger partial charge in [0.05, 0.1) is 19.0 Å². The van der Waals surface area contributed by atoms with Gasteiger partial charge in [-0.25, -0.2) is 4.98 Å². The largest absolute Gasteiger partial charge is 0.396 e. The third-order valence-corrected chi connectivity index (χ3v) is 3.68. The fourth-order valence-corrected chi connectivity index (χ4v) is 2.64. The molecule has 2 aromatic rings. The summed E-state index contributed by atoms with van der Waals surface area (Å²) < 4.78 is 7.41. The van der Waals surface area contributed by atoms with Crippen molar-refractivity contribution in [3.8, 4) is 0 Å². The van der Waals surface area contributed by atoms with E-state index in [1.807, 2.05) is 0 Å². The van der Waals surface area contributed by atoms with Crippen molar-refractivity contribution >= 4 is 28.6 Å². The summed E-state index contributed by atoms with van der Waals surface area (Å²) in [6, 6.07) is 0. The standard InChI is InChI=1S/C11H14ClN5O3/c12-11-15-9(13)8-10(16-11)17(4-14-8)7-1-5(2-18)6(3-19)20-7/h4-7,18-19H,1-3H2,(H2,13,15,16)/t5-,6-,7-/m1/s1. The van der Waals surface area contributed by atoms with Gasteiger partial charge in [0.25, 0.3) is 0 Å². The van der Waals surface area contributed by atoms with Gasteiger partial charge in [-0.15, -0.1) is 0 Å². The van der Waals surface area contributed by atoms with Gasteiger partial charge in [-0.2, -0.15) is 9.97 Å². The van der Waals surface area contributed by atoms with Crippen LogP contribution < -0.4 is 5.73 Å². The molecular formula is C11H14ClN5O3. The second-order valence-corrected chi connectivity index (χ2v) is 5.03. The van der Waals surface area contributed by atoms with Gasteiger partial charge in [0.15, 0.2) is 11.5 Å². The summed E-state index contributed by atoms with van der Waals surface area (Å²) in [6.45, 7) is -0.196. The number of nitrogens with zero attached hydrogens (tertiary/aromatic N) is 4. The number of rotatable bonds is 3. The molecule has 4 N–H and O–H groups in total. The van der Waals surface area contributed by atoms with E-state index in [1.54, 1.807) is 10.9 Å². The lowest BCUT2D eigenvalue weighted by Gasteiger charge is -2.14. The first-order valence-electron chi connectivity index (χ1n) is 6.16. The van der Waals surface area contributed by atoms with Crippen LogP contribution in [0.3, 0.4) is 0 Å². The van der Waals surface area contributed by atoms with Crippen LogP contribution in [0.2, 0.25) is 5.28 Å². The molecule has 0 radical (unpaired) electrons. The molecule has 3 heterocycles. The topological polar surface area (TPSA) is 119 Å². The lowest BCUT2D eigenvalue weighted by Crippen LogP contribution is -2.23. The summed E-state index contributed by atoms with van der Waals surface area (Å²) in [5.41, 5.74) is 6.67. The summed E-state index contributed by atoms with van der Waals surface area (Å²) in [5, 5.41) is 18.6. The van der Waals surface area contributed by atoms with E-state index in [0.29, 0.717) is 17.6 Å². The molecule has 0 bridgehead atoms. The zero-order valence-corrected chi connectivity index (χ0v) is 11.2. The number of aromatic nitrogens is 4. The maximum absolute atomic E-state index is 9.30. The Kier molecular flexibility index (Phi) is 3.47. The number of hydrogen-bond donors (Lipinski definition) is 3. The smallest absolute Gasteiger partial charge is 0.226 e. The second-order valence-electron chi connectivity index (χ2n) is 4.69. The number of aliphatic hydroxyl groups is 2. The zero-order valence-electron chi connectivity index (χ0n) is 10.5. The highest BCUT2D eigenvalue weighted by molar-refractivity contribution is 6.28.